The molecule has 0 spiro atoms. The summed E-state index contributed by atoms with van der Waals surface area (Å²) in [6, 6.07) is 4.58. The third kappa shape index (κ3) is 3.74. The Morgan fingerprint density at radius 3 is 2.73 bits per heavy atom. The van der Waals surface area contributed by atoms with Gasteiger partial charge in [-0.2, -0.15) is 0 Å². The first-order chi connectivity index (χ1) is 16.2. The molecule has 2 aromatic rings. The van der Waals surface area contributed by atoms with Gasteiger partial charge in [0.15, 0.2) is 0 Å². The van der Waals surface area contributed by atoms with E-state index in [-0.39, 0.29) is 6.03 Å². The van der Waals surface area contributed by atoms with E-state index in [1.165, 1.54) is 28.8 Å². The second-order valence-corrected chi connectivity index (χ2v) is 9.61. The maximum atomic E-state index is 12.9. The Morgan fingerprint density at radius 2 is 1.91 bits per heavy atom. The fourth-order valence-electron chi connectivity index (χ4n) is 5.56. The molecule has 6 rings (SSSR count). The number of amides is 2. The van der Waals surface area contributed by atoms with Gasteiger partial charge in [-0.3, -0.25) is 0 Å². The molecule has 3 aliphatic heterocycles. The Hall–Kier alpha value is -3.06. The van der Waals surface area contributed by atoms with Crippen LogP contribution in [0.2, 0.25) is 0 Å². The second kappa shape index (κ2) is 8.37. The molecule has 0 aromatic carbocycles. The Kier molecular flexibility index (Phi) is 5.21. The van der Waals surface area contributed by atoms with Gasteiger partial charge < -0.3 is 24.6 Å². The van der Waals surface area contributed by atoms with E-state index >= 15 is 0 Å². The molecular weight excluding hydrogens is 412 g/mol. The molecule has 0 atom stereocenters. The average molecular weight is 445 g/mol. The van der Waals surface area contributed by atoms with Gasteiger partial charge in [0.25, 0.3) is 0 Å². The number of nitrogens with zero attached hydrogens (tertiary/aromatic N) is 5. The van der Waals surface area contributed by atoms with E-state index in [0.717, 1.165) is 69.9 Å². The van der Waals surface area contributed by atoms with Crippen molar-refractivity contribution >= 4 is 28.3 Å². The molecule has 33 heavy (non-hydrogen) atoms. The van der Waals surface area contributed by atoms with E-state index in [1.807, 2.05) is 16.0 Å². The van der Waals surface area contributed by atoms with Gasteiger partial charge in [-0.05, 0) is 62.1 Å². The van der Waals surface area contributed by atoms with Crippen LogP contribution in [0.3, 0.4) is 0 Å². The summed E-state index contributed by atoms with van der Waals surface area (Å²) < 4.78 is 0. The molecule has 2 aromatic heterocycles. The van der Waals surface area contributed by atoms with Crippen molar-refractivity contribution in [3.8, 4) is 0 Å². The van der Waals surface area contributed by atoms with Crippen LogP contribution in [0.4, 0.5) is 10.5 Å². The number of carbonyl (C=O) groups excluding carboxylic acids is 1. The summed E-state index contributed by atoms with van der Waals surface area (Å²) in [6.45, 7) is 6.03. The van der Waals surface area contributed by atoms with E-state index in [4.69, 9.17) is 0 Å². The van der Waals surface area contributed by atoms with Gasteiger partial charge in [-0.15, -0.1) is 0 Å². The molecule has 1 saturated heterocycles. The lowest BCUT2D eigenvalue weighted by molar-refractivity contribution is 0.125. The number of pyridine rings is 1. The predicted molar refractivity (Wildman–Crippen MR) is 132 cm³/mol. The Morgan fingerprint density at radius 1 is 1.03 bits per heavy atom. The first kappa shape index (κ1) is 20.5. The summed E-state index contributed by atoms with van der Waals surface area (Å²) in [7, 11) is 2.11. The summed E-state index contributed by atoms with van der Waals surface area (Å²) in [5.74, 6) is 0. The molecule has 2 amide bonds. The molecule has 0 saturated carbocycles. The zero-order chi connectivity index (χ0) is 22.4. The van der Waals surface area contributed by atoms with Gasteiger partial charge in [0.2, 0.25) is 0 Å². The van der Waals surface area contributed by atoms with Gasteiger partial charge in [-0.25, -0.2) is 9.78 Å². The summed E-state index contributed by atoms with van der Waals surface area (Å²) in [6.07, 6.45) is 13.1. The van der Waals surface area contributed by atoms with Crippen LogP contribution in [0.25, 0.3) is 16.6 Å². The van der Waals surface area contributed by atoms with Crippen molar-refractivity contribution in [2.75, 3.05) is 57.8 Å². The van der Waals surface area contributed by atoms with Gasteiger partial charge in [0.1, 0.15) is 5.65 Å². The second-order valence-electron chi connectivity index (χ2n) is 9.61. The zero-order valence-corrected chi connectivity index (χ0v) is 19.4. The Bertz CT molecular complexity index is 1170. The van der Waals surface area contributed by atoms with Crippen LogP contribution in [0.15, 0.2) is 47.8 Å². The zero-order valence-electron chi connectivity index (χ0n) is 19.4. The van der Waals surface area contributed by atoms with Crippen LogP contribution >= 0.6 is 0 Å². The minimum absolute atomic E-state index is 0.178. The van der Waals surface area contributed by atoms with Gasteiger partial charge in [-0.1, -0.05) is 12.2 Å². The minimum atomic E-state index is 0.178. The predicted octanol–water partition coefficient (Wildman–Crippen LogP) is 3.83. The van der Waals surface area contributed by atoms with Crippen molar-refractivity contribution in [2.24, 2.45) is 0 Å². The number of allylic oxidation sites excluding steroid dienone is 2. The highest BCUT2D eigenvalue weighted by Gasteiger charge is 2.27. The minimum Gasteiger partial charge on any atom is -0.341 e. The summed E-state index contributed by atoms with van der Waals surface area (Å²) in [4.78, 5) is 29.8. The topological polar surface area (TPSA) is 58.7 Å². The van der Waals surface area contributed by atoms with Crippen LogP contribution in [0.5, 0.6) is 0 Å². The number of H-pyrrole nitrogens is 1. The number of anilines is 1. The maximum Gasteiger partial charge on any atom is 0.320 e. The molecule has 7 heteroatoms. The van der Waals surface area contributed by atoms with Crippen LogP contribution in [0.1, 0.15) is 31.4 Å². The molecule has 4 aliphatic rings. The third-order valence-electron chi connectivity index (χ3n) is 7.58. The first-order valence-corrected chi connectivity index (χ1v) is 12.2. The number of rotatable bonds is 2. The SMILES string of the molecule is CN1CCN(C(=O)N2CC=C(c3cc4c(N5CCC6=C5C=CCC6)ccnc4[nH]3)CC2)CC1. The van der Waals surface area contributed by atoms with Crippen LogP contribution in [0, 0.1) is 0 Å². The number of aromatic amines is 1. The van der Waals surface area contributed by atoms with Crippen LogP contribution in [-0.2, 0) is 0 Å². The number of nitrogens with one attached hydrogen (secondary N) is 1. The Labute approximate surface area is 195 Å². The van der Waals surface area contributed by atoms with Crippen molar-refractivity contribution < 1.29 is 4.79 Å². The van der Waals surface area contributed by atoms with Crippen molar-refractivity contribution in [3.63, 3.8) is 0 Å². The van der Waals surface area contributed by atoms with Crippen molar-refractivity contribution in [3.05, 3.63) is 53.5 Å². The normalized spacial score (nSPS) is 21.7. The monoisotopic (exact) mass is 444 g/mol. The molecule has 1 N–H and O–H groups in total. The molecular formula is C26H32N6O. The number of carbonyl (C=O) groups is 1. The molecule has 0 radical (unpaired) electrons. The summed E-state index contributed by atoms with van der Waals surface area (Å²) in [5.41, 5.74) is 7.55. The molecule has 0 bridgehead atoms. The first-order valence-electron chi connectivity index (χ1n) is 12.2. The highest BCUT2D eigenvalue weighted by atomic mass is 16.2. The fraction of sp³-hybridized carbons (Fsp3) is 0.462. The standard InChI is InChI=1S/C26H32N6O/c1-29-14-16-31(17-15-29)26(33)30-11-7-19(8-12-30)22-18-21-24(6-10-27-25(21)28-22)32-13-9-20-4-2-3-5-23(20)32/h3,5-7,10,18H,2,4,8-9,11-17H2,1H3,(H,27,28). The lowest BCUT2D eigenvalue weighted by atomic mass is 10.0. The quantitative estimate of drug-likeness (QED) is 0.765. The maximum absolute atomic E-state index is 12.9. The number of urea groups is 1. The number of hydrogen-bond acceptors (Lipinski definition) is 4. The molecule has 1 aliphatic carbocycles. The summed E-state index contributed by atoms with van der Waals surface area (Å²) >= 11 is 0. The molecule has 172 valence electrons. The number of fused-ring (bicyclic) bond motifs is 1. The van der Waals surface area contributed by atoms with E-state index in [2.05, 4.69) is 57.2 Å². The fourth-order valence-corrected chi connectivity index (χ4v) is 5.56. The van der Waals surface area contributed by atoms with Gasteiger partial charge in [0.05, 0.1) is 5.69 Å². The molecule has 1 fully saturated rings. The van der Waals surface area contributed by atoms with Crippen molar-refractivity contribution in [1.29, 1.82) is 0 Å². The molecule has 5 heterocycles. The number of hydrogen-bond donors (Lipinski definition) is 1. The highest BCUT2D eigenvalue weighted by molar-refractivity contribution is 5.94. The van der Waals surface area contributed by atoms with Crippen LogP contribution in [-0.4, -0.2) is 83.6 Å². The van der Waals surface area contributed by atoms with E-state index in [1.54, 1.807) is 5.57 Å². The number of piperazine rings is 1. The Balaban J connectivity index is 1.21. The van der Waals surface area contributed by atoms with Gasteiger partial charge >= 0.3 is 6.03 Å². The van der Waals surface area contributed by atoms with Crippen molar-refractivity contribution in [2.45, 2.75) is 25.7 Å². The highest BCUT2D eigenvalue weighted by Crippen LogP contribution is 2.38. The van der Waals surface area contributed by atoms with Gasteiger partial charge in [0, 0.05) is 68.8 Å². The molecule has 7 nitrogen and oxygen atoms in total. The van der Waals surface area contributed by atoms with E-state index in [9.17, 15) is 4.79 Å². The van der Waals surface area contributed by atoms with Crippen molar-refractivity contribution in [1.82, 2.24) is 24.7 Å². The summed E-state index contributed by atoms with van der Waals surface area (Å²) in [5, 5.41) is 1.18. The third-order valence-corrected chi connectivity index (χ3v) is 7.58. The lowest BCUT2D eigenvalue weighted by Gasteiger charge is -2.37. The largest absolute Gasteiger partial charge is 0.341 e. The van der Waals surface area contributed by atoms with E-state index in [0.29, 0.717) is 6.54 Å². The number of likely N-dealkylation sites (N-methyl/N-ethyl adjacent to an activating group) is 1. The lowest BCUT2D eigenvalue weighted by Crippen LogP contribution is -2.52. The molecule has 0 unspecified atom stereocenters. The smallest absolute Gasteiger partial charge is 0.320 e. The van der Waals surface area contributed by atoms with Crippen LogP contribution < -0.4 is 4.90 Å². The average Bonchev–Trinajstić information content (AvgIpc) is 3.49. The van der Waals surface area contributed by atoms with E-state index < -0.39 is 0 Å². The number of aromatic nitrogens is 2.